The first-order valence-corrected chi connectivity index (χ1v) is 9.51. The average Bonchev–Trinajstić information content (AvgIpc) is 3.27. The first-order chi connectivity index (χ1) is 13.2. The van der Waals surface area contributed by atoms with Crippen molar-refractivity contribution in [3.63, 3.8) is 0 Å². The van der Waals surface area contributed by atoms with Crippen molar-refractivity contribution in [2.24, 2.45) is 0 Å². The number of ketones is 2. The van der Waals surface area contributed by atoms with E-state index in [2.05, 4.69) is 12.1 Å². The topological polar surface area (TPSA) is 34.1 Å². The third kappa shape index (κ3) is 2.64. The highest BCUT2D eigenvalue weighted by molar-refractivity contribution is 7.16. The summed E-state index contributed by atoms with van der Waals surface area (Å²) in [6.07, 6.45) is 1.73. The van der Waals surface area contributed by atoms with Crippen LogP contribution >= 0.6 is 11.3 Å². The van der Waals surface area contributed by atoms with Crippen LogP contribution in [0.4, 0.5) is 0 Å². The van der Waals surface area contributed by atoms with Crippen LogP contribution in [0.3, 0.4) is 0 Å². The second-order valence-electron chi connectivity index (χ2n) is 6.53. The lowest BCUT2D eigenvalue weighted by Gasteiger charge is -2.00. The van der Waals surface area contributed by atoms with Gasteiger partial charge < -0.3 is 0 Å². The molecule has 0 spiro atoms. The molecule has 0 unspecified atom stereocenters. The van der Waals surface area contributed by atoms with Gasteiger partial charge in [0.15, 0.2) is 11.6 Å². The number of thiophene rings is 1. The van der Waals surface area contributed by atoms with E-state index in [1.807, 2.05) is 66.7 Å². The molecule has 1 aromatic heterocycles. The van der Waals surface area contributed by atoms with Crippen molar-refractivity contribution in [2.75, 3.05) is 0 Å². The van der Waals surface area contributed by atoms with E-state index in [1.165, 1.54) is 0 Å². The Morgan fingerprint density at radius 3 is 1.89 bits per heavy atom. The van der Waals surface area contributed by atoms with Crippen LogP contribution in [-0.2, 0) is 0 Å². The van der Waals surface area contributed by atoms with Crippen molar-refractivity contribution in [1.29, 1.82) is 0 Å². The molecule has 0 saturated heterocycles. The Morgan fingerprint density at radius 2 is 1.26 bits per heavy atom. The molecule has 0 saturated carbocycles. The fourth-order valence-corrected chi connectivity index (χ4v) is 4.43. The molecule has 3 aromatic carbocycles. The molecule has 4 aromatic rings. The predicted octanol–water partition coefficient (Wildman–Crippen LogP) is 6.03. The number of hydrogen-bond acceptors (Lipinski definition) is 3. The van der Waals surface area contributed by atoms with Gasteiger partial charge in [-0.25, -0.2) is 0 Å². The number of fused-ring (bicyclic) bond motifs is 2. The molecule has 1 aliphatic carbocycles. The third-order valence-corrected chi connectivity index (χ3v) is 5.92. The Hall–Kier alpha value is -3.30. The third-order valence-electron chi connectivity index (χ3n) is 4.84. The number of carbonyl (C=O) groups is 2. The molecule has 0 fully saturated rings. The van der Waals surface area contributed by atoms with E-state index in [9.17, 15) is 9.59 Å². The van der Waals surface area contributed by atoms with Crippen molar-refractivity contribution in [1.82, 2.24) is 0 Å². The van der Waals surface area contributed by atoms with Gasteiger partial charge in [-0.05, 0) is 46.7 Å². The summed E-state index contributed by atoms with van der Waals surface area (Å²) in [4.78, 5) is 27.7. The van der Waals surface area contributed by atoms with Crippen LogP contribution in [0.25, 0.3) is 27.3 Å². The fraction of sp³-hybridized carbons (Fsp3) is 0. The smallest absolute Gasteiger partial charge is 0.197 e. The van der Waals surface area contributed by atoms with Crippen molar-refractivity contribution >= 4 is 39.8 Å². The lowest BCUT2D eigenvalue weighted by atomic mass is 10.0. The Kier molecular flexibility index (Phi) is 3.62. The summed E-state index contributed by atoms with van der Waals surface area (Å²) in [7, 11) is 0. The zero-order valence-corrected chi connectivity index (χ0v) is 15.1. The van der Waals surface area contributed by atoms with E-state index >= 15 is 0 Å². The highest BCUT2D eigenvalue weighted by atomic mass is 32.1. The second-order valence-corrected chi connectivity index (χ2v) is 7.64. The first-order valence-electron chi connectivity index (χ1n) is 8.70. The molecule has 27 heavy (non-hydrogen) atoms. The number of rotatable bonds is 2. The summed E-state index contributed by atoms with van der Waals surface area (Å²) in [5, 5.41) is 1.95. The average molecular weight is 366 g/mol. The molecule has 0 radical (unpaired) electrons. The Balaban J connectivity index is 1.56. The number of hydrogen-bond donors (Lipinski definition) is 0. The number of Topliss-reactive ketones (excluding diaryl/α,β-unsaturated/α-hetero) is 2. The molecule has 0 N–H and O–H groups in total. The molecular weight excluding hydrogens is 352 g/mol. The zero-order valence-electron chi connectivity index (χ0n) is 14.3. The van der Waals surface area contributed by atoms with Gasteiger partial charge in [-0.1, -0.05) is 54.6 Å². The van der Waals surface area contributed by atoms with Crippen molar-refractivity contribution in [2.45, 2.75) is 0 Å². The van der Waals surface area contributed by atoms with E-state index < -0.39 is 0 Å². The van der Waals surface area contributed by atoms with E-state index in [0.717, 1.165) is 26.1 Å². The lowest BCUT2D eigenvalue weighted by Crippen LogP contribution is -1.99. The van der Waals surface area contributed by atoms with E-state index in [-0.39, 0.29) is 17.1 Å². The standard InChI is InChI=1S/C24H14O2S/c25-23-19-12-16-8-4-5-9-17(16)13-20(19)24(26)21(23)14-18-10-11-22(27-18)15-6-2-1-3-7-15/h1-14H. The maximum atomic E-state index is 12.8. The minimum Gasteiger partial charge on any atom is -0.288 e. The molecule has 0 aliphatic heterocycles. The monoisotopic (exact) mass is 366 g/mol. The lowest BCUT2D eigenvalue weighted by molar-refractivity contribution is 0.0990. The summed E-state index contributed by atoms with van der Waals surface area (Å²) in [6.45, 7) is 0. The van der Waals surface area contributed by atoms with Gasteiger partial charge in [-0.15, -0.1) is 11.3 Å². The highest BCUT2D eigenvalue weighted by Gasteiger charge is 2.33. The maximum absolute atomic E-state index is 12.8. The predicted molar refractivity (Wildman–Crippen MR) is 110 cm³/mol. The van der Waals surface area contributed by atoms with E-state index in [4.69, 9.17) is 0 Å². The SMILES string of the molecule is O=C1C(=Cc2ccc(-c3ccccc3)s2)C(=O)c2cc3ccccc3cc21. The Bertz CT molecular complexity index is 1190. The van der Waals surface area contributed by atoms with Crippen LogP contribution in [-0.4, -0.2) is 11.6 Å². The van der Waals surface area contributed by atoms with Gasteiger partial charge in [0.2, 0.25) is 0 Å². The van der Waals surface area contributed by atoms with Gasteiger partial charge in [0.05, 0.1) is 5.57 Å². The molecule has 1 aliphatic rings. The highest BCUT2D eigenvalue weighted by Crippen LogP contribution is 2.34. The van der Waals surface area contributed by atoms with E-state index in [0.29, 0.717) is 11.1 Å². The molecule has 0 amide bonds. The van der Waals surface area contributed by atoms with Crippen LogP contribution in [0, 0.1) is 0 Å². The zero-order chi connectivity index (χ0) is 18.4. The van der Waals surface area contributed by atoms with Gasteiger partial charge >= 0.3 is 0 Å². The van der Waals surface area contributed by atoms with Gasteiger partial charge in [0.25, 0.3) is 0 Å². The Labute approximate surface area is 160 Å². The molecular formula is C24H14O2S. The van der Waals surface area contributed by atoms with Gasteiger partial charge in [-0.3, -0.25) is 9.59 Å². The van der Waals surface area contributed by atoms with Crippen LogP contribution in [0.5, 0.6) is 0 Å². The Morgan fingerprint density at radius 1 is 0.667 bits per heavy atom. The number of allylic oxidation sites excluding steroid dienone is 1. The quantitative estimate of drug-likeness (QED) is 0.321. The normalized spacial score (nSPS) is 13.3. The fourth-order valence-electron chi connectivity index (χ4n) is 3.47. The van der Waals surface area contributed by atoms with Gasteiger partial charge in [0, 0.05) is 20.9 Å². The summed E-state index contributed by atoms with van der Waals surface area (Å²) in [5.41, 5.74) is 2.39. The summed E-state index contributed by atoms with van der Waals surface area (Å²) >= 11 is 1.58. The molecule has 3 heteroatoms. The molecule has 0 bridgehead atoms. The minimum absolute atomic E-state index is 0.185. The summed E-state index contributed by atoms with van der Waals surface area (Å²) < 4.78 is 0. The summed E-state index contributed by atoms with van der Waals surface area (Å²) in [6, 6.07) is 25.5. The van der Waals surface area contributed by atoms with E-state index in [1.54, 1.807) is 17.4 Å². The van der Waals surface area contributed by atoms with Crippen LogP contribution in [0.1, 0.15) is 25.6 Å². The van der Waals surface area contributed by atoms with Crippen molar-refractivity contribution in [3.8, 4) is 10.4 Å². The largest absolute Gasteiger partial charge is 0.288 e. The second kappa shape index (κ2) is 6.15. The molecule has 128 valence electrons. The van der Waals surface area contributed by atoms with Crippen molar-refractivity contribution in [3.05, 3.63) is 100 Å². The molecule has 5 rings (SSSR count). The first kappa shape index (κ1) is 15.9. The number of carbonyl (C=O) groups excluding carboxylic acids is 2. The van der Waals surface area contributed by atoms with Crippen molar-refractivity contribution < 1.29 is 9.59 Å². The van der Waals surface area contributed by atoms with Gasteiger partial charge in [-0.2, -0.15) is 0 Å². The molecule has 1 heterocycles. The van der Waals surface area contributed by atoms with Crippen LogP contribution in [0.15, 0.2) is 84.4 Å². The molecule has 2 nitrogen and oxygen atoms in total. The van der Waals surface area contributed by atoms with Gasteiger partial charge in [0.1, 0.15) is 0 Å². The van der Waals surface area contributed by atoms with Crippen LogP contribution in [0.2, 0.25) is 0 Å². The minimum atomic E-state index is -0.185. The molecule has 0 atom stereocenters. The van der Waals surface area contributed by atoms with Crippen LogP contribution < -0.4 is 0 Å². The number of benzene rings is 3. The maximum Gasteiger partial charge on any atom is 0.197 e. The summed E-state index contributed by atoms with van der Waals surface area (Å²) in [5.74, 6) is -0.370.